The minimum absolute atomic E-state index is 0.146. The summed E-state index contributed by atoms with van der Waals surface area (Å²) < 4.78 is 78.3. The molecule has 0 aliphatic rings. The maximum Gasteiger partial charge on any atom is 0.294 e. The molecule has 0 aliphatic heterocycles. The highest BCUT2D eigenvalue weighted by molar-refractivity contribution is 7.86. The Morgan fingerprint density at radius 3 is 1.38 bits per heavy atom. The summed E-state index contributed by atoms with van der Waals surface area (Å²) in [7, 11) is -12.6. The van der Waals surface area contributed by atoms with E-state index < -0.39 is 42.3 Å². The van der Waals surface area contributed by atoms with Gasteiger partial charge in [-0.3, -0.25) is 9.11 Å². The molecule has 0 aliphatic carbocycles. The van der Waals surface area contributed by atoms with E-state index in [0.717, 1.165) is 12.1 Å². The third kappa shape index (κ3) is 3.92. The molecule has 2 rings (SSSR count). The van der Waals surface area contributed by atoms with E-state index in [1.165, 1.54) is 36.4 Å². The number of rotatable bonds is 4. The lowest BCUT2D eigenvalue weighted by Crippen LogP contribution is -2.31. The van der Waals surface area contributed by atoms with E-state index >= 15 is 0 Å². The second-order valence-corrected chi connectivity index (χ2v) is 13.2. The van der Waals surface area contributed by atoms with Crippen LogP contribution in [0.5, 0.6) is 0 Å². The van der Waals surface area contributed by atoms with Gasteiger partial charge in [0.15, 0.2) is 0 Å². The second kappa shape index (κ2) is 6.58. The summed E-state index contributed by atoms with van der Waals surface area (Å²) in [5, 5.41) is -0.608. The van der Waals surface area contributed by atoms with Gasteiger partial charge in [-0.05, 0) is 24.3 Å². The molecule has 142 valence electrons. The van der Waals surface area contributed by atoms with E-state index in [4.69, 9.17) is 0 Å². The van der Waals surface area contributed by atoms with Crippen LogP contribution in [0.15, 0.2) is 58.3 Å². The fraction of sp³-hybridized carbons (Fsp3) is 0.250. The largest absolute Gasteiger partial charge is 0.313 e. The molecule has 0 heterocycles. The zero-order valence-electron chi connectivity index (χ0n) is 14.3. The molecule has 0 spiro atoms. The second-order valence-electron chi connectivity index (χ2n) is 6.72. The highest BCUT2D eigenvalue weighted by atomic mass is 32.2. The fourth-order valence-electron chi connectivity index (χ4n) is 2.60. The van der Waals surface area contributed by atoms with Crippen LogP contribution in [0.4, 0.5) is 0 Å². The Labute approximate surface area is 152 Å². The maximum absolute atomic E-state index is 14.0. The van der Waals surface area contributed by atoms with Crippen molar-refractivity contribution in [1.29, 1.82) is 0 Å². The molecule has 2 aromatic carbocycles. The van der Waals surface area contributed by atoms with E-state index in [0.29, 0.717) is 0 Å². The molecule has 0 atom stereocenters. The molecule has 0 aromatic heterocycles. The van der Waals surface area contributed by atoms with E-state index in [2.05, 4.69) is 0 Å². The standard InChI is InChI=1S/C16H19O7PS2/c1-16(2,3)24(17,12-6-4-8-14(10-12)25(18,19)20)13-7-5-9-15(11-13)26(21,22)23/h4-11H,1-3H3,(H,18,19,20)(H,21,22,23). The summed E-state index contributed by atoms with van der Waals surface area (Å²) in [6, 6.07) is 10.2. The van der Waals surface area contributed by atoms with Crippen LogP contribution >= 0.6 is 7.14 Å². The van der Waals surface area contributed by atoms with Crippen molar-refractivity contribution in [2.75, 3.05) is 0 Å². The molecule has 0 saturated heterocycles. The van der Waals surface area contributed by atoms with Crippen molar-refractivity contribution in [2.45, 2.75) is 35.7 Å². The van der Waals surface area contributed by atoms with Gasteiger partial charge in [0.25, 0.3) is 20.2 Å². The first kappa shape index (κ1) is 20.8. The van der Waals surface area contributed by atoms with Crippen LogP contribution in [0.25, 0.3) is 0 Å². The Kier molecular flexibility index (Phi) is 5.26. The minimum atomic E-state index is -4.50. The summed E-state index contributed by atoms with van der Waals surface area (Å²) in [4.78, 5) is -0.823. The molecule has 7 nitrogen and oxygen atoms in total. The Morgan fingerprint density at radius 1 is 0.769 bits per heavy atom. The van der Waals surface area contributed by atoms with Crippen LogP contribution in [0, 0.1) is 0 Å². The molecule has 26 heavy (non-hydrogen) atoms. The molecular formula is C16H19O7PS2. The number of hydrogen-bond donors (Lipinski definition) is 2. The minimum Gasteiger partial charge on any atom is -0.313 e. The molecule has 0 bridgehead atoms. The van der Waals surface area contributed by atoms with Gasteiger partial charge in [-0.1, -0.05) is 45.0 Å². The van der Waals surface area contributed by atoms with Gasteiger partial charge in [0.2, 0.25) is 0 Å². The summed E-state index contributed by atoms with van der Waals surface area (Å²) >= 11 is 0. The highest BCUT2D eigenvalue weighted by Gasteiger charge is 2.40. The number of hydrogen-bond acceptors (Lipinski definition) is 5. The lowest BCUT2D eigenvalue weighted by atomic mass is 10.3. The molecular weight excluding hydrogens is 399 g/mol. The monoisotopic (exact) mass is 418 g/mol. The third-order valence-corrected chi connectivity index (χ3v) is 9.50. The zero-order valence-corrected chi connectivity index (χ0v) is 16.8. The molecule has 0 amide bonds. The fourth-order valence-corrected chi connectivity index (χ4v) is 6.91. The lowest BCUT2D eigenvalue weighted by molar-refractivity contribution is 0.481. The quantitative estimate of drug-likeness (QED) is 0.576. The van der Waals surface area contributed by atoms with Crippen LogP contribution in [0.2, 0.25) is 0 Å². The smallest absolute Gasteiger partial charge is 0.294 e. The molecule has 10 heteroatoms. The van der Waals surface area contributed by atoms with Gasteiger partial charge in [-0.2, -0.15) is 16.8 Å². The molecule has 0 unspecified atom stereocenters. The summed E-state index contributed by atoms with van der Waals surface area (Å²) in [5.41, 5.74) is 0. The van der Waals surface area contributed by atoms with Crippen molar-refractivity contribution in [2.24, 2.45) is 0 Å². The van der Waals surface area contributed by atoms with Crippen LogP contribution < -0.4 is 10.6 Å². The summed E-state index contributed by atoms with van der Waals surface area (Å²) in [5.74, 6) is 0. The van der Waals surface area contributed by atoms with Crippen LogP contribution in [0.3, 0.4) is 0 Å². The van der Waals surface area contributed by atoms with Crippen molar-refractivity contribution in [3.63, 3.8) is 0 Å². The van der Waals surface area contributed by atoms with Crippen molar-refractivity contribution in [1.82, 2.24) is 0 Å². The Bertz CT molecular complexity index is 1020. The van der Waals surface area contributed by atoms with Gasteiger partial charge in [0, 0.05) is 15.8 Å². The zero-order chi connectivity index (χ0) is 20.0. The van der Waals surface area contributed by atoms with Crippen molar-refractivity contribution in [3.8, 4) is 0 Å². The van der Waals surface area contributed by atoms with Gasteiger partial charge in [0.05, 0.1) is 9.79 Å². The molecule has 0 fully saturated rings. The summed E-state index contributed by atoms with van der Waals surface area (Å²) in [6.07, 6.45) is 0. The summed E-state index contributed by atoms with van der Waals surface area (Å²) in [6.45, 7) is 5.02. The Hall–Kier alpha value is -1.51. The molecule has 0 saturated carbocycles. The SMILES string of the molecule is CC(C)(C)P(=O)(c1cccc(S(=O)(=O)O)c1)c1cccc(S(=O)(=O)O)c1. The maximum atomic E-state index is 14.0. The van der Waals surface area contributed by atoms with Crippen molar-refractivity contribution < 1.29 is 30.5 Å². The Balaban J connectivity index is 2.84. The van der Waals surface area contributed by atoms with Crippen molar-refractivity contribution in [3.05, 3.63) is 48.5 Å². The first-order valence-electron chi connectivity index (χ1n) is 7.44. The van der Waals surface area contributed by atoms with Gasteiger partial charge in [0.1, 0.15) is 7.14 Å². The number of benzene rings is 2. The third-order valence-electron chi connectivity index (χ3n) is 3.90. The van der Waals surface area contributed by atoms with E-state index in [1.54, 1.807) is 20.8 Å². The van der Waals surface area contributed by atoms with Gasteiger partial charge < -0.3 is 4.57 Å². The van der Waals surface area contributed by atoms with Gasteiger partial charge >= 0.3 is 0 Å². The predicted octanol–water partition coefficient (Wildman–Crippen LogP) is 2.29. The normalized spacial score (nSPS) is 13.6. The lowest BCUT2D eigenvalue weighted by Gasteiger charge is -2.32. The molecule has 2 N–H and O–H groups in total. The van der Waals surface area contributed by atoms with Crippen LogP contribution in [-0.4, -0.2) is 31.1 Å². The predicted molar refractivity (Wildman–Crippen MR) is 99.1 cm³/mol. The van der Waals surface area contributed by atoms with Crippen LogP contribution in [-0.2, 0) is 24.8 Å². The van der Waals surface area contributed by atoms with E-state index in [1.807, 2.05) is 0 Å². The van der Waals surface area contributed by atoms with Crippen LogP contribution in [0.1, 0.15) is 20.8 Å². The van der Waals surface area contributed by atoms with E-state index in [9.17, 15) is 30.5 Å². The average Bonchev–Trinajstić information content (AvgIpc) is 2.51. The topological polar surface area (TPSA) is 126 Å². The Morgan fingerprint density at radius 2 is 1.12 bits per heavy atom. The first-order valence-corrected chi connectivity index (χ1v) is 12.0. The van der Waals surface area contributed by atoms with Gasteiger partial charge in [-0.25, -0.2) is 0 Å². The highest BCUT2D eigenvalue weighted by Crippen LogP contribution is 2.55. The van der Waals surface area contributed by atoms with E-state index in [-0.39, 0.29) is 10.6 Å². The van der Waals surface area contributed by atoms with Gasteiger partial charge in [-0.15, -0.1) is 0 Å². The first-order chi connectivity index (χ1) is 11.7. The molecule has 2 aromatic rings. The molecule has 0 radical (unpaired) electrons. The van der Waals surface area contributed by atoms with Crippen molar-refractivity contribution >= 4 is 38.0 Å². The average molecular weight is 418 g/mol.